The summed E-state index contributed by atoms with van der Waals surface area (Å²) in [5.41, 5.74) is 0.412. The quantitative estimate of drug-likeness (QED) is 0.718. The Morgan fingerprint density at radius 2 is 1.71 bits per heavy atom. The van der Waals surface area contributed by atoms with Gasteiger partial charge in [-0.25, -0.2) is 9.59 Å². The SMILES string of the molecule is CN1CCC(N(C(=O)OC(C)(C)C)[C@@H]2CCCN(C(=O)OCc3ccccc3)C2)CC1. The fourth-order valence-corrected chi connectivity index (χ4v) is 4.34. The molecule has 0 radical (unpaired) electrons. The Hall–Kier alpha value is -2.28. The van der Waals surface area contributed by atoms with E-state index in [2.05, 4.69) is 11.9 Å². The summed E-state index contributed by atoms with van der Waals surface area (Å²) in [6.45, 7) is 8.99. The summed E-state index contributed by atoms with van der Waals surface area (Å²) in [5.74, 6) is 0. The molecule has 1 aromatic carbocycles. The van der Waals surface area contributed by atoms with Crippen LogP contribution in [0.5, 0.6) is 0 Å². The van der Waals surface area contributed by atoms with E-state index >= 15 is 0 Å². The van der Waals surface area contributed by atoms with E-state index in [1.807, 2.05) is 56.0 Å². The fourth-order valence-electron chi connectivity index (χ4n) is 4.34. The van der Waals surface area contributed by atoms with Crippen molar-refractivity contribution in [3.05, 3.63) is 35.9 Å². The lowest BCUT2D eigenvalue weighted by atomic mass is 9.98. The molecule has 2 saturated heterocycles. The van der Waals surface area contributed by atoms with Gasteiger partial charge >= 0.3 is 12.2 Å². The molecule has 2 fully saturated rings. The van der Waals surface area contributed by atoms with Gasteiger partial charge in [0.05, 0.1) is 6.04 Å². The second-order valence-electron chi connectivity index (χ2n) is 9.70. The molecule has 31 heavy (non-hydrogen) atoms. The van der Waals surface area contributed by atoms with Crippen LogP contribution in [-0.2, 0) is 16.1 Å². The monoisotopic (exact) mass is 431 g/mol. The summed E-state index contributed by atoms with van der Waals surface area (Å²) in [5, 5.41) is 0. The standard InChI is InChI=1S/C24H37N3O4/c1-24(2,3)31-23(29)27(20-12-15-25(4)16-13-20)21-11-8-14-26(17-21)22(28)30-18-19-9-6-5-7-10-19/h5-7,9-10,20-21H,8,11-18H2,1-4H3/t21-/m1/s1. The van der Waals surface area contributed by atoms with Crippen molar-refractivity contribution in [2.75, 3.05) is 33.2 Å². The third-order valence-corrected chi connectivity index (χ3v) is 5.94. The first-order valence-electron chi connectivity index (χ1n) is 11.4. The maximum absolute atomic E-state index is 13.2. The van der Waals surface area contributed by atoms with Crippen LogP contribution in [0.2, 0.25) is 0 Å². The number of hydrogen-bond acceptors (Lipinski definition) is 5. The minimum absolute atomic E-state index is 0.0544. The predicted molar refractivity (Wildman–Crippen MR) is 120 cm³/mol. The molecule has 1 aromatic rings. The second kappa shape index (κ2) is 10.4. The molecular weight excluding hydrogens is 394 g/mol. The van der Waals surface area contributed by atoms with Gasteiger partial charge in [-0.1, -0.05) is 30.3 Å². The van der Waals surface area contributed by atoms with E-state index < -0.39 is 5.60 Å². The summed E-state index contributed by atoms with van der Waals surface area (Å²) in [4.78, 5) is 31.9. The van der Waals surface area contributed by atoms with E-state index in [-0.39, 0.29) is 30.9 Å². The summed E-state index contributed by atoms with van der Waals surface area (Å²) in [6.07, 6.45) is 2.97. The van der Waals surface area contributed by atoms with Gasteiger partial charge in [-0.2, -0.15) is 0 Å². The maximum atomic E-state index is 13.2. The van der Waals surface area contributed by atoms with Crippen LogP contribution in [0.25, 0.3) is 0 Å². The van der Waals surface area contributed by atoms with E-state index in [9.17, 15) is 9.59 Å². The Morgan fingerprint density at radius 3 is 2.35 bits per heavy atom. The average Bonchev–Trinajstić information content (AvgIpc) is 2.73. The Balaban J connectivity index is 1.66. The van der Waals surface area contributed by atoms with E-state index in [1.165, 1.54) is 0 Å². The Kier molecular flexibility index (Phi) is 7.81. The molecule has 2 amide bonds. The van der Waals surface area contributed by atoms with Crippen molar-refractivity contribution >= 4 is 12.2 Å². The zero-order chi connectivity index (χ0) is 22.4. The summed E-state index contributed by atoms with van der Waals surface area (Å²) in [6, 6.07) is 9.76. The Labute approximate surface area is 186 Å². The first kappa shape index (κ1) is 23.4. The minimum Gasteiger partial charge on any atom is -0.445 e. The molecule has 2 heterocycles. The van der Waals surface area contributed by atoms with Crippen molar-refractivity contribution in [2.24, 2.45) is 0 Å². The number of carbonyl (C=O) groups excluding carboxylic acids is 2. The zero-order valence-corrected chi connectivity index (χ0v) is 19.4. The molecule has 7 heteroatoms. The van der Waals surface area contributed by atoms with Gasteiger partial charge < -0.3 is 24.2 Å². The summed E-state index contributed by atoms with van der Waals surface area (Å²) < 4.78 is 11.3. The molecule has 0 N–H and O–H groups in total. The van der Waals surface area contributed by atoms with Crippen LogP contribution in [0.1, 0.15) is 52.0 Å². The summed E-state index contributed by atoms with van der Waals surface area (Å²) >= 11 is 0. The van der Waals surface area contributed by atoms with Gasteiger partial charge in [-0.15, -0.1) is 0 Å². The van der Waals surface area contributed by atoms with Crippen molar-refractivity contribution in [1.82, 2.24) is 14.7 Å². The van der Waals surface area contributed by atoms with Crippen LogP contribution < -0.4 is 0 Å². The van der Waals surface area contributed by atoms with Crippen LogP contribution in [0, 0.1) is 0 Å². The molecule has 3 rings (SSSR count). The van der Waals surface area contributed by atoms with E-state index in [0.717, 1.165) is 44.3 Å². The van der Waals surface area contributed by atoms with Gasteiger partial charge in [0, 0.05) is 19.1 Å². The Bertz CT molecular complexity index is 726. The first-order valence-corrected chi connectivity index (χ1v) is 11.4. The van der Waals surface area contributed by atoms with Gasteiger partial charge in [0.2, 0.25) is 0 Å². The van der Waals surface area contributed by atoms with Gasteiger partial charge in [-0.05, 0) is 72.2 Å². The van der Waals surface area contributed by atoms with Crippen LogP contribution in [0.3, 0.4) is 0 Å². The number of likely N-dealkylation sites (tertiary alicyclic amines) is 2. The molecule has 1 atom stereocenters. The minimum atomic E-state index is -0.552. The van der Waals surface area contributed by atoms with Gasteiger partial charge in [0.1, 0.15) is 12.2 Å². The molecule has 2 aliphatic heterocycles. The molecule has 0 aliphatic carbocycles. The highest BCUT2D eigenvalue weighted by molar-refractivity contribution is 5.70. The molecule has 0 aromatic heterocycles. The molecule has 0 bridgehead atoms. The van der Waals surface area contributed by atoms with Crippen molar-refractivity contribution < 1.29 is 19.1 Å². The second-order valence-corrected chi connectivity index (χ2v) is 9.70. The van der Waals surface area contributed by atoms with Crippen molar-refractivity contribution in [2.45, 2.75) is 70.7 Å². The van der Waals surface area contributed by atoms with Gasteiger partial charge in [0.15, 0.2) is 0 Å². The maximum Gasteiger partial charge on any atom is 0.410 e. The normalized spacial score (nSPS) is 20.9. The summed E-state index contributed by atoms with van der Waals surface area (Å²) in [7, 11) is 2.11. The van der Waals surface area contributed by atoms with Crippen molar-refractivity contribution in [1.29, 1.82) is 0 Å². The number of benzene rings is 1. The smallest absolute Gasteiger partial charge is 0.410 e. The van der Waals surface area contributed by atoms with Gasteiger partial charge in [0.25, 0.3) is 0 Å². The molecular formula is C24H37N3O4. The van der Waals surface area contributed by atoms with E-state index in [1.54, 1.807) is 4.90 Å². The largest absolute Gasteiger partial charge is 0.445 e. The van der Waals surface area contributed by atoms with E-state index in [4.69, 9.17) is 9.47 Å². The number of hydrogen-bond donors (Lipinski definition) is 0. The molecule has 2 aliphatic rings. The number of amides is 2. The molecule has 0 spiro atoms. The lowest BCUT2D eigenvalue weighted by Crippen LogP contribution is -2.57. The molecule has 172 valence electrons. The average molecular weight is 432 g/mol. The first-order chi connectivity index (χ1) is 14.7. The number of nitrogens with zero attached hydrogens (tertiary/aromatic N) is 3. The van der Waals surface area contributed by atoms with Crippen molar-refractivity contribution in [3.8, 4) is 0 Å². The topological polar surface area (TPSA) is 62.3 Å². The fraction of sp³-hybridized carbons (Fsp3) is 0.667. The highest BCUT2D eigenvalue weighted by atomic mass is 16.6. The van der Waals surface area contributed by atoms with Crippen LogP contribution in [0.15, 0.2) is 30.3 Å². The molecule has 0 unspecified atom stereocenters. The third kappa shape index (κ3) is 6.86. The van der Waals surface area contributed by atoms with Crippen LogP contribution in [0.4, 0.5) is 9.59 Å². The highest BCUT2D eigenvalue weighted by Crippen LogP contribution is 2.26. The lowest BCUT2D eigenvalue weighted by molar-refractivity contribution is -0.0155. The van der Waals surface area contributed by atoms with Gasteiger partial charge in [-0.3, -0.25) is 0 Å². The van der Waals surface area contributed by atoms with Crippen LogP contribution >= 0.6 is 0 Å². The van der Waals surface area contributed by atoms with Crippen LogP contribution in [-0.4, -0.2) is 77.8 Å². The van der Waals surface area contributed by atoms with Crippen molar-refractivity contribution in [3.63, 3.8) is 0 Å². The third-order valence-electron chi connectivity index (χ3n) is 5.94. The lowest BCUT2D eigenvalue weighted by Gasteiger charge is -2.45. The van der Waals surface area contributed by atoms with E-state index in [0.29, 0.717) is 13.1 Å². The number of piperidine rings is 2. The highest BCUT2D eigenvalue weighted by Gasteiger charge is 2.38. The zero-order valence-electron chi connectivity index (χ0n) is 19.4. The number of ether oxygens (including phenoxy) is 2. The molecule has 0 saturated carbocycles. The Morgan fingerprint density at radius 1 is 1.03 bits per heavy atom. The number of carbonyl (C=O) groups is 2. The number of rotatable bonds is 4. The molecule has 7 nitrogen and oxygen atoms in total. The predicted octanol–water partition coefficient (Wildman–Crippen LogP) is 4.12.